The zero-order valence-corrected chi connectivity index (χ0v) is 29.0. The summed E-state index contributed by atoms with van der Waals surface area (Å²) < 4.78 is 16.1. The standard InChI is InChI=1S/C40H36N4O2.Pd/c1-7-28-21-33(45-6)22-29(8-2)40(28)39-26(4)42-44(27(39)5)30-12-11-13-31(23-30)46-32-16-17-35-34-14-9-10-15-36(34)43(37(35)24-32)38-20-25(3)18-19-41-38;/h9-22H,7-8H2,1-6H3;/q-2;+2. The summed E-state index contributed by atoms with van der Waals surface area (Å²) in [7, 11) is 1.73. The van der Waals surface area contributed by atoms with E-state index in [9.17, 15) is 0 Å². The number of aryl methyl sites for hydroxylation is 4. The number of rotatable bonds is 8. The molecule has 3 aromatic heterocycles. The normalized spacial score (nSPS) is 11.2. The summed E-state index contributed by atoms with van der Waals surface area (Å²) in [5.41, 5.74) is 10.9. The molecule has 0 amide bonds. The van der Waals surface area contributed by atoms with E-state index in [4.69, 9.17) is 19.6 Å². The summed E-state index contributed by atoms with van der Waals surface area (Å²) in [5, 5.41) is 7.23. The van der Waals surface area contributed by atoms with Crippen LogP contribution >= 0.6 is 0 Å². The zero-order chi connectivity index (χ0) is 31.9. The van der Waals surface area contributed by atoms with Crippen molar-refractivity contribution in [2.24, 2.45) is 0 Å². The van der Waals surface area contributed by atoms with Crippen LogP contribution in [-0.4, -0.2) is 26.4 Å². The summed E-state index contributed by atoms with van der Waals surface area (Å²) in [6.07, 6.45) is 3.65. The minimum atomic E-state index is 0. The average Bonchev–Trinajstić information content (AvgIpc) is 3.56. The van der Waals surface area contributed by atoms with Crippen LogP contribution in [0.15, 0.2) is 85.1 Å². The first kappa shape index (κ1) is 32.3. The molecule has 7 heteroatoms. The molecule has 7 aromatic rings. The summed E-state index contributed by atoms with van der Waals surface area (Å²) >= 11 is 0. The van der Waals surface area contributed by atoms with Crippen molar-refractivity contribution in [2.75, 3.05) is 7.11 Å². The van der Waals surface area contributed by atoms with E-state index < -0.39 is 0 Å². The van der Waals surface area contributed by atoms with Crippen LogP contribution in [0.5, 0.6) is 17.2 Å². The Hall–Kier alpha value is -4.70. The van der Waals surface area contributed by atoms with Gasteiger partial charge in [-0.3, -0.25) is 4.68 Å². The second-order valence-electron chi connectivity index (χ2n) is 11.6. The van der Waals surface area contributed by atoms with Gasteiger partial charge in [-0.15, -0.1) is 35.7 Å². The fraction of sp³-hybridized carbons (Fsp3) is 0.200. The van der Waals surface area contributed by atoms with Crippen molar-refractivity contribution >= 4 is 21.8 Å². The number of methoxy groups -OCH3 is 1. The van der Waals surface area contributed by atoms with Crippen molar-refractivity contribution < 1.29 is 29.9 Å². The summed E-state index contributed by atoms with van der Waals surface area (Å²) in [4.78, 5) is 4.69. The van der Waals surface area contributed by atoms with Gasteiger partial charge in [0, 0.05) is 34.5 Å². The third-order valence-corrected chi connectivity index (χ3v) is 8.70. The minimum Gasteiger partial charge on any atom is -0.509 e. The SMILES string of the molecule is CCc1cc(OC)cc(CC)c1-c1c(C)nn(-c2[c-]c(Oc3[c-]c4c(cc3)c3ccccc3n4-c3cc(C)ccn3)ccc2)c1C.[Pd+2]. The van der Waals surface area contributed by atoms with Gasteiger partial charge in [0.15, 0.2) is 0 Å². The Morgan fingerprint density at radius 1 is 0.766 bits per heavy atom. The Balaban J connectivity index is 0.00000386. The number of ether oxygens (including phenoxy) is 2. The Kier molecular flexibility index (Phi) is 9.05. The molecule has 7 rings (SSSR count). The van der Waals surface area contributed by atoms with Gasteiger partial charge in [-0.1, -0.05) is 37.6 Å². The number of pyridine rings is 1. The van der Waals surface area contributed by atoms with Gasteiger partial charge in [-0.25, -0.2) is 4.98 Å². The molecule has 0 radical (unpaired) electrons. The molecule has 0 saturated heterocycles. The Morgan fingerprint density at radius 3 is 2.23 bits per heavy atom. The molecular formula is C40H36N4O2Pd. The zero-order valence-electron chi connectivity index (χ0n) is 27.4. The molecule has 0 spiro atoms. The van der Waals surface area contributed by atoms with Gasteiger partial charge >= 0.3 is 20.4 Å². The van der Waals surface area contributed by atoms with Crippen LogP contribution < -0.4 is 9.47 Å². The first-order valence-electron chi connectivity index (χ1n) is 15.8. The molecule has 0 bridgehead atoms. The van der Waals surface area contributed by atoms with Crippen LogP contribution in [0, 0.1) is 32.9 Å². The van der Waals surface area contributed by atoms with E-state index in [1.54, 1.807) is 7.11 Å². The molecule has 0 fully saturated rings. The van der Waals surface area contributed by atoms with Crippen LogP contribution in [0.25, 0.3) is 44.4 Å². The molecule has 6 nitrogen and oxygen atoms in total. The second kappa shape index (κ2) is 13.2. The van der Waals surface area contributed by atoms with Gasteiger partial charge in [-0.2, -0.15) is 17.2 Å². The van der Waals surface area contributed by atoms with Gasteiger partial charge in [0.25, 0.3) is 0 Å². The van der Waals surface area contributed by atoms with E-state index in [2.05, 4.69) is 99.8 Å². The van der Waals surface area contributed by atoms with Gasteiger partial charge in [-0.05, 0) is 97.3 Å². The summed E-state index contributed by atoms with van der Waals surface area (Å²) in [5.74, 6) is 2.93. The van der Waals surface area contributed by atoms with Crippen molar-refractivity contribution in [3.8, 4) is 39.9 Å². The first-order chi connectivity index (χ1) is 22.4. The maximum atomic E-state index is 6.42. The van der Waals surface area contributed by atoms with Crippen LogP contribution in [0.4, 0.5) is 0 Å². The van der Waals surface area contributed by atoms with E-state index in [0.29, 0.717) is 11.5 Å². The summed E-state index contributed by atoms with van der Waals surface area (Å²) in [6.45, 7) is 10.7. The van der Waals surface area contributed by atoms with Crippen LogP contribution in [0.2, 0.25) is 0 Å². The van der Waals surface area contributed by atoms with Crippen molar-refractivity contribution in [2.45, 2.75) is 47.5 Å². The number of nitrogens with zero attached hydrogens (tertiary/aromatic N) is 4. The largest absolute Gasteiger partial charge is 2.00 e. The molecule has 0 unspecified atom stereocenters. The van der Waals surface area contributed by atoms with Crippen molar-refractivity contribution in [1.29, 1.82) is 0 Å². The van der Waals surface area contributed by atoms with Gasteiger partial charge < -0.3 is 14.0 Å². The predicted molar refractivity (Wildman–Crippen MR) is 185 cm³/mol. The van der Waals surface area contributed by atoms with E-state index in [0.717, 1.165) is 74.4 Å². The molecule has 0 aliphatic heterocycles. The first-order valence-corrected chi connectivity index (χ1v) is 15.8. The molecule has 47 heavy (non-hydrogen) atoms. The van der Waals surface area contributed by atoms with Gasteiger partial charge in [0.2, 0.25) is 0 Å². The number of benzene rings is 4. The maximum Gasteiger partial charge on any atom is 2.00 e. The molecule has 0 atom stereocenters. The number of hydrogen-bond donors (Lipinski definition) is 0. The van der Waals surface area contributed by atoms with Crippen LogP contribution in [-0.2, 0) is 33.3 Å². The minimum absolute atomic E-state index is 0. The van der Waals surface area contributed by atoms with Crippen LogP contribution in [0.3, 0.4) is 0 Å². The van der Waals surface area contributed by atoms with E-state index in [1.807, 2.05) is 41.2 Å². The van der Waals surface area contributed by atoms with Gasteiger partial charge in [0.1, 0.15) is 11.6 Å². The Morgan fingerprint density at radius 2 is 1.51 bits per heavy atom. The van der Waals surface area contributed by atoms with Crippen molar-refractivity contribution in [3.05, 3.63) is 125 Å². The molecule has 0 saturated carbocycles. The van der Waals surface area contributed by atoms with Gasteiger partial charge in [0.05, 0.1) is 12.8 Å². The smallest absolute Gasteiger partial charge is 0.509 e. The maximum absolute atomic E-state index is 6.42. The number of fused-ring (bicyclic) bond motifs is 3. The molecule has 0 aliphatic rings. The number of para-hydroxylation sites is 1. The predicted octanol–water partition coefficient (Wildman–Crippen LogP) is 9.48. The third kappa shape index (κ3) is 5.75. The Labute approximate surface area is 289 Å². The topological polar surface area (TPSA) is 54.1 Å². The number of hydrogen-bond acceptors (Lipinski definition) is 4. The average molecular weight is 711 g/mol. The van der Waals surface area contributed by atoms with Crippen molar-refractivity contribution in [3.63, 3.8) is 0 Å². The third-order valence-electron chi connectivity index (χ3n) is 8.70. The fourth-order valence-electron chi connectivity index (χ4n) is 6.52. The molecule has 4 aromatic carbocycles. The van der Waals surface area contributed by atoms with Crippen molar-refractivity contribution in [1.82, 2.24) is 19.3 Å². The van der Waals surface area contributed by atoms with E-state index in [-0.39, 0.29) is 20.4 Å². The molecule has 0 N–H and O–H groups in total. The molecule has 3 heterocycles. The van der Waals surface area contributed by atoms with Crippen LogP contribution in [0.1, 0.15) is 41.9 Å². The Bertz CT molecular complexity index is 2220. The molecule has 238 valence electrons. The quantitative estimate of drug-likeness (QED) is 0.117. The molecule has 0 aliphatic carbocycles. The monoisotopic (exact) mass is 710 g/mol. The van der Waals surface area contributed by atoms with E-state index >= 15 is 0 Å². The summed E-state index contributed by atoms with van der Waals surface area (Å²) in [6, 6.07) is 33.7. The van der Waals surface area contributed by atoms with E-state index in [1.165, 1.54) is 16.7 Å². The number of aromatic nitrogens is 4. The fourth-order valence-corrected chi connectivity index (χ4v) is 6.52. The molecular weight excluding hydrogens is 675 g/mol. The second-order valence-corrected chi connectivity index (χ2v) is 11.6.